The molecular weight excluding hydrogens is 158 g/mol. The van der Waals surface area contributed by atoms with Crippen molar-refractivity contribution >= 4 is 11.7 Å². The zero-order valence-corrected chi connectivity index (χ0v) is 7.11. The highest BCUT2D eigenvalue weighted by atomic mass is 32.1. The third kappa shape index (κ3) is 3.12. The van der Waals surface area contributed by atoms with Gasteiger partial charge in [-0.15, -0.1) is 5.92 Å². The number of hydrogen-bond donors (Lipinski definition) is 1. The predicted molar refractivity (Wildman–Crippen MR) is 45.1 cm³/mol. The molecule has 1 aromatic rings. The standard InChI is InChI=1S/C7H9N3S/c1-2-3-4-8-5-7-6-9-11-10-7/h6,8H,4-5H2,1H3. The van der Waals surface area contributed by atoms with Crippen molar-refractivity contribution in [1.82, 2.24) is 14.1 Å². The average Bonchev–Trinajstić information content (AvgIpc) is 2.50. The van der Waals surface area contributed by atoms with Crippen molar-refractivity contribution in [3.63, 3.8) is 0 Å². The van der Waals surface area contributed by atoms with E-state index >= 15 is 0 Å². The summed E-state index contributed by atoms with van der Waals surface area (Å²) in [6, 6.07) is 0. The quantitative estimate of drug-likeness (QED) is 0.530. The van der Waals surface area contributed by atoms with Crippen molar-refractivity contribution in [3.05, 3.63) is 11.9 Å². The highest BCUT2D eigenvalue weighted by molar-refractivity contribution is 6.99. The molecule has 0 aliphatic carbocycles. The van der Waals surface area contributed by atoms with Gasteiger partial charge >= 0.3 is 0 Å². The fourth-order valence-electron chi connectivity index (χ4n) is 0.603. The van der Waals surface area contributed by atoms with E-state index in [1.165, 1.54) is 11.7 Å². The normalized spacial score (nSPS) is 8.82. The van der Waals surface area contributed by atoms with E-state index in [1.54, 1.807) is 6.20 Å². The first-order valence-corrected chi connectivity index (χ1v) is 4.03. The summed E-state index contributed by atoms with van der Waals surface area (Å²) in [5.41, 5.74) is 0.980. The van der Waals surface area contributed by atoms with E-state index in [4.69, 9.17) is 0 Å². The Labute approximate surface area is 70.2 Å². The summed E-state index contributed by atoms with van der Waals surface area (Å²) < 4.78 is 7.91. The number of hydrogen-bond acceptors (Lipinski definition) is 4. The van der Waals surface area contributed by atoms with Crippen LogP contribution in [-0.2, 0) is 6.54 Å². The molecule has 0 aliphatic heterocycles. The van der Waals surface area contributed by atoms with Gasteiger partial charge in [0.1, 0.15) is 0 Å². The Kier molecular flexibility index (Phi) is 3.59. The second kappa shape index (κ2) is 4.83. The molecule has 0 fully saturated rings. The van der Waals surface area contributed by atoms with Crippen molar-refractivity contribution in [2.24, 2.45) is 0 Å². The minimum Gasteiger partial charge on any atom is -0.300 e. The molecule has 0 saturated carbocycles. The van der Waals surface area contributed by atoms with Crippen molar-refractivity contribution in [1.29, 1.82) is 0 Å². The first-order valence-electron chi connectivity index (χ1n) is 3.30. The lowest BCUT2D eigenvalue weighted by Crippen LogP contribution is -2.13. The summed E-state index contributed by atoms with van der Waals surface area (Å²) in [6.45, 7) is 3.30. The summed E-state index contributed by atoms with van der Waals surface area (Å²) in [7, 11) is 0. The van der Waals surface area contributed by atoms with Crippen molar-refractivity contribution < 1.29 is 0 Å². The molecular formula is C7H9N3S. The number of aromatic nitrogens is 2. The van der Waals surface area contributed by atoms with Gasteiger partial charge in [0, 0.05) is 6.54 Å². The minimum atomic E-state index is 0.716. The van der Waals surface area contributed by atoms with Crippen LogP contribution in [0, 0.1) is 11.8 Å². The van der Waals surface area contributed by atoms with E-state index in [0.717, 1.165) is 12.2 Å². The maximum absolute atomic E-state index is 4.03. The van der Waals surface area contributed by atoms with Gasteiger partial charge in [0.25, 0.3) is 0 Å². The highest BCUT2D eigenvalue weighted by Crippen LogP contribution is 1.92. The van der Waals surface area contributed by atoms with Crippen LogP contribution >= 0.6 is 11.7 Å². The molecule has 1 heterocycles. The molecule has 0 bridgehead atoms. The lowest BCUT2D eigenvalue weighted by Gasteiger charge is -1.93. The lowest BCUT2D eigenvalue weighted by atomic mass is 10.4. The summed E-state index contributed by atoms with van der Waals surface area (Å²) in [5.74, 6) is 5.71. The average molecular weight is 167 g/mol. The van der Waals surface area contributed by atoms with Gasteiger partial charge < -0.3 is 5.32 Å². The SMILES string of the molecule is CC#CCNCc1cnsn1. The van der Waals surface area contributed by atoms with Gasteiger partial charge in [-0.2, -0.15) is 8.75 Å². The molecule has 0 amide bonds. The minimum absolute atomic E-state index is 0.716. The Morgan fingerprint density at radius 2 is 2.64 bits per heavy atom. The van der Waals surface area contributed by atoms with Gasteiger partial charge in [-0.1, -0.05) is 5.92 Å². The Balaban J connectivity index is 2.17. The van der Waals surface area contributed by atoms with Crippen molar-refractivity contribution in [2.75, 3.05) is 6.54 Å². The number of rotatable bonds is 3. The van der Waals surface area contributed by atoms with E-state index in [1.807, 2.05) is 6.92 Å². The Morgan fingerprint density at radius 1 is 1.73 bits per heavy atom. The molecule has 0 saturated heterocycles. The van der Waals surface area contributed by atoms with Gasteiger partial charge in [0.2, 0.25) is 0 Å². The molecule has 3 nitrogen and oxygen atoms in total. The monoisotopic (exact) mass is 167 g/mol. The molecule has 0 aliphatic rings. The fourth-order valence-corrected chi connectivity index (χ4v) is 1.04. The molecule has 58 valence electrons. The van der Waals surface area contributed by atoms with Crippen LogP contribution in [0.5, 0.6) is 0 Å². The molecule has 4 heteroatoms. The number of nitrogens with one attached hydrogen (secondary N) is 1. The van der Waals surface area contributed by atoms with Crippen molar-refractivity contribution in [2.45, 2.75) is 13.5 Å². The van der Waals surface area contributed by atoms with Crippen LogP contribution in [-0.4, -0.2) is 15.3 Å². The van der Waals surface area contributed by atoms with Crippen LogP contribution < -0.4 is 5.32 Å². The van der Waals surface area contributed by atoms with Crippen LogP contribution in [0.15, 0.2) is 6.20 Å². The zero-order valence-electron chi connectivity index (χ0n) is 6.29. The van der Waals surface area contributed by atoms with Gasteiger partial charge in [-0.3, -0.25) is 0 Å². The molecule has 1 N–H and O–H groups in total. The lowest BCUT2D eigenvalue weighted by molar-refractivity contribution is 0.756. The van der Waals surface area contributed by atoms with Crippen LogP contribution in [0.25, 0.3) is 0 Å². The largest absolute Gasteiger partial charge is 0.300 e. The second-order valence-electron chi connectivity index (χ2n) is 1.93. The van der Waals surface area contributed by atoms with Gasteiger partial charge in [-0.05, 0) is 6.92 Å². The molecule has 0 atom stereocenters. The topological polar surface area (TPSA) is 37.8 Å². The van der Waals surface area contributed by atoms with E-state index in [-0.39, 0.29) is 0 Å². The molecule has 11 heavy (non-hydrogen) atoms. The maximum atomic E-state index is 4.03. The third-order valence-electron chi connectivity index (χ3n) is 1.10. The summed E-state index contributed by atoms with van der Waals surface area (Å²) >= 11 is 1.23. The van der Waals surface area contributed by atoms with E-state index in [0.29, 0.717) is 6.54 Å². The Hall–Kier alpha value is -0.920. The smallest absolute Gasteiger partial charge is 0.0881 e. The molecule has 0 spiro atoms. The molecule has 0 aromatic carbocycles. The fraction of sp³-hybridized carbons (Fsp3) is 0.429. The summed E-state index contributed by atoms with van der Waals surface area (Å²) in [4.78, 5) is 0. The summed E-state index contributed by atoms with van der Waals surface area (Å²) in [6.07, 6.45) is 1.76. The van der Waals surface area contributed by atoms with Crippen LogP contribution in [0.4, 0.5) is 0 Å². The Morgan fingerprint density at radius 3 is 3.27 bits per heavy atom. The first-order chi connectivity index (χ1) is 5.43. The van der Waals surface area contributed by atoms with Gasteiger partial charge in [0.15, 0.2) is 0 Å². The first kappa shape index (κ1) is 8.18. The van der Waals surface area contributed by atoms with Gasteiger partial charge in [0.05, 0.1) is 30.2 Å². The van der Waals surface area contributed by atoms with Gasteiger partial charge in [-0.25, -0.2) is 0 Å². The van der Waals surface area contributed by atoms with E-state index in [2.05, 4.69) is 25.9 Å². The third-order valence-corrected chi connectivity index (χ3v) is 1.62. The second-order valence-corrected chi connectivity index (χ2v) is 2.49. The molecule has 0 radical (unpaired) electrons. The summed E-state index contributed by atoms with van der Waals surface area (Å²) in [5, 5.41) is 3.12. The van der Waals surface area contributed by atoms with E-state index < -0.39 is 0 Å². The van der Waals surface area contributed by atoms with Crippen LogP contribution in [0.3, 0.4) is 0 Å². The zero-order chi connectivity index (χ0) is 7.94. The molecule has 1 rings (SSSR count). The highest BCUT2D eigenvalue weighted by Gasteiger charge is 1.92. The van der Waals surface area contributed by atoms with Crippen LogP contribution in [0.1, 0.15) is 12.6 Å². The molecule has 0 unspecified atom stereocenters. The van der Waals surface area contributed by atoms with Crippen LogP contribution in [0.2, 0.25) is 0 Å². The molecule has 1 aromatic heterocycles. The predicted octanol–water partition coefficient (Wildman–Crippen LogP) is 0.651. The number of nitrogens with zero attached hydrogens (tertiary/aromatic N) is 2. The maximum Gasteiger partial charge on any atom is 0.0881 e. The van der Waals surface area contributed by atoms with E-state index in [9.17, 15) is 0 Å². The Bertz CT molecular complexity index is 244. The van der Waals surface area contributed by atoms with Crippen molar-refractivity contribution in [3.8, 4) is 11.8 Å².